The van der Waals surface area contributed by atoms with E-state index in [2.05, 4.69) is 33.7 Å². The molecule has 202 valence electrons. The third kappa shape index (κ3) is 5.48. The average molecular weight is 512 g/mol. The predicted octanol–water partition coefficient (Wildman–Crippen LogP) is 4.37. The lowest BCUT2D eigenvalue weighted by molar-refractivity contribution is 0.0400. The molecule has 8 heteroatoms. The first kappa shape index (κ1) is 26.4. The van der Waals surface area contributed by atoms with Crippen LogP contribution in [-0.4, -0.2) is 62.0 Å². The summed E-state index contributed by atoms with van der Waals surface area (Å²) in [6.07, 6.45) is 7.29. The highest BCUT2D eigenvalue weighted by Gasteiger charge is 2.48. The fourth-order valence-corrected chi connectivity index (χ4v) is 6.76. The van der Waals surface area contributed by atoms with Crippen molar-refractivity contribution in [2.75, 3.05) is 13.1 Å². The number of aromatic hydroxyl groups is 1. The molecule has 2 aromatic rings. The van der Waals surface area contributed by atoms with Gasteiger partial charge in [0, 0.05) is 31.0 Å². The third-order valence-electron chi connectivity index (χ3n) is 8.58. The zero-order valence-electron chi connectivity index (χ0n) is 22.5. The summed E-state index contributed by atoms with van der Waals surface area (Å²) in [4.78, 5) is 10.7. The monoisotopic (exact) mass is 511 g/mol. The van der Waals surface area contributed by atoms with Gasteiger partial charge in [0.15, 0.2) is 0 Å². The number of rotatable bonds is 7. The number of aryl methyl sites for hydroxylation is 1. The van der Waals surface area contributed by atoms with Crippen LogP contribution in [0, 0.1) is 5.92 Å². The van der Waals surface area contributed by atoms with E-state index in [9.17, 15) is 10.2 Å². The van der Waals surface area contributed by atoms with E-state index < -0.39 is 11.8 Å². The van der Waals surface area contributed by atoms with Gasteiger partial charge in [-0.2, -0.15) is 0 Å². The molecule has 1 aromatic carbocycles. The first-order valence-electron chi connectivity index (χ1n) is 13.8. The molecule has 1 saturated carbocycles. The lowest BCUT2D eigenvalue weighted by Gasteiger charge is -2.36. The van der Waals surface area contributed by atoms with Gasteiger partial charge in [0.2, 0.25) is 0 Å². The van der Waals surface area contributed by atoms with Gasteiger partial charge in [-0.1, -0.05) is 19.1 Å². The number of phenols is 1. The number of hydrogen-bond donors (Lipinski definition) is 5. The summed E-state index contributed by atoms with van der Waals surface area (Å²) in [5, 5.41) is 20.1. The largest absolute Gasteiger partial charge is 0.508 e. The van der Waals surface area contributed by atoms with Gasteiger partial charge in [-0.25, -0.2) is 14.8 Å². The number of fused-ring (bicyclic) bond motifs is 1. The molecule has 0 bridgehead atoms. The van der Waals surface area contributed by atoms with Crippen molar-refractivity contribution in [2.24, 2.45) is 5.92 Å². The molecule has 6 atom stereocenters. The molecular weight excluding hydrogens is 469 g/mol. The van der Waals surface area contributed by atoms with Crippen molar-refractivity contribution in [1.82, 2.24) is 25.7 Å². The van der Waals surface area contributed by atoms with Crippen molar-refractivity contribution in [3.63, 3.8) is 0 Å². The molecule has 2 aliphatic heterocycles. The number of H-pyrrole nitrogens is 1. The zero-order valence-corrected chi connectivity index (χ0v) is 22.5. The second-order valence-corrected chi connectivity index (χ2v) is 11.9. The maximum Gasteiger partial charge on any atom is 0.125 e. The van der Waals surface area contributed by atoms with E-state index >= 15 is 4.39 Å². The van der Waals surface area contributed by atoms with Crippen molar-refractivity contribution in [3.8, 4) is 5.75 Å². The van der Waals surface area contributed by atoms with Crippen molar-refractivity contribution < 1.29 is 14.6 Å². The fraction of sp³-hybridized carbons (Fsp3) is 0.621. The summed E-state index contributed by atoms with van der Waals surface area (Å²) in [5.74, 6) is 1.02. The van der Waals surface area contributed by atoms with Crippen LogP contribution >= 0.6 is 0 Å². The Kier molecular flexibility index (Phi) is 7.47. The van der Waals surface area contributed by atoms with Gasteiger partial charge in [-0.05, 0) is 81.7 Å². The number of halogens is 1. The van der Waals surface area contributed by atoms with Crippen molar-refractivity contribution in [2.45, 2.75) is 95.6 Å². The van der Waals surface area contributed by atoms with E-state index in [0.29, 0.717) is 0 Å². The number of phenolic OH excluding ortho intramolecular Hbond substituents is 1. The van der Waals surface area contributed by atoms with E-state index in [-0.39, 0.29) is 35.7 Å². The summed E-state index contributed by atoms with van der Waals surface area (Å²) in [6, 6.07) is 5.27. The molecule has 1 aliphatic carbocycles. The topological polar surface area (TPSA) is 96.4 Å². The Labute approximate surface area is 219 Å². The Balaban J connectivity index is 1.27. The normalized spacial score (nSPS) is 29.7. The van der Waals surface area contributed by atoms with E-state index in [1.54, 1.807) is 12.1 Å². The highest BCUT2D eigenvalue weighted by atomic mass is 19.1. The summed E-state index contributed by atoms with van der Waals surface area (Å²) < 4.78 is 15.9. The third-order valence-corrected chi connectivity index (χ3v) is 8.58. The molecule has 0 radical (unpaired) electrons. The molecule has 37 heavy (non-hydrogen) atoms. The van der Waals surface area contributed by atoms with Gasteiger partial charge in [0.05, 0.1) is 29.6 Å². The first-order valence-corrected chi connectivity index (χ1v) is 13.8. The molecule has 1 saturated heterocycles. The second-order valence-electron chi connectivity index (χ2n) is 11.9. The quantitative estimate of drug-likeness (QED) is 0.379. The predicted molar refractivity (Wildman–Crippen MR) is 144 cm³/mol. The molecule has 1 aromatic heterocycles. The number of aliphatic hydroxyl groups is 1. The minimum Gasteiger partial charge on any atom is -0.508 e. The van der Waals surface area contributed by atoms with Crippen LogP contribution in [-0.2, 0) is 6.42 Å². The lowest BCUT2D eigenvalue weighted by Crippen LogP contribution is -2.45. The number of hydrazine groups is 1. The lowest BCUT2D eigenvalue weighted by atomic mass is 9.71. The summed E-state index contributed by atoms with van der Waals surface area (Å²) >= 11 is 0. The van der Waals surface area contributed by atoms with Gasteiger partial charge in [0.1, 0.15) is 17.7 Å². The van der Waals surface area contributed by atoms with E-state index in [0.717, 1.165) is 67.8 Å². The van der Waals surface area contributed by atoms with Crippen LogP contribution in [0.15, 0.2) is 30.5 Å². The molecule has 5 rings (SSSR count). The summed E-state index contributed by atoms with van der Waals surface area (Å²) in [6.45, 7) is 9.76. The van der Waals surface area contributed by atoms with Crippen LogP contribution in [0.3, 0.4) is 0 Å². The molecule has 2 fully saturated rings. The molecule has 7 nitrogen and oxygen atoms in total. The fourth-order valence-electron chi connectivity index (χ4n) is 6.76. The number of aromatic nitrogens is 2. The first-order chi connectivity index (χ1) is 17.6. The smallest absolute Gasteiger partial charge is 0.125 e. The number of aromatic amines is 1. The molecule has 5 N–H and O–H groups in total. The van der Waals surface area contributed by atoms with Crippen LogP contribution in [0.4, 0.5) is 4.39 Å². The standard InChI is InChI=1S/C29H42FN5O2/c1-5-18-13-20(36)8-9-21(18)22-10-11-23-26(25(22)30)33-34-27(23)28-31-15-24(32-28)19-7-6-12-35(16-19)17(2)14-29(3,4)37/h7-9,13,15,17,22-23,25-27,33-34,36-37H,5-6,10-12,14,16H2,1-4H3,(H,31,32). The van der Waals surface area contributed by atoms with Crippen LogP contribution in [0.25, 0.3) is 5.57 Å². The maximum absolute atomic E-state index is 15.9. The Morgan fingerprint density at radius 1 is 1.24 bits per heavy atom. The number of hydrogen-bond acceptors (Lipinski definition) is 6. The summed E-state index contributed by atoms with van der Waals surface area (Å²) in [5.41, 5.74) is 10.2. The van der Waals surface area contributed by atoms with Crippen molar-refractivity contribution >= 4 is 5.57 Å². The molecule has 0 amide bonds. The zero-order chi connectivity index (χ0) is 26.3. The summed E-state index contributed by atoms with van der Waals surface area (Å²) in [7, 11) is 0. The number of alkyl halides is 1. The number of nitrogens with one attached hydrogen (secondary N) is 3. The maximum atomic E-state index is 15.9. The Bertz CT molecular complexity index is 1130. The molecule has 0 spiro atoms. The van der Waals surface area contributed by atoms with Gasteiger partial charge < -0.3 is 15.2 Å². The average Bonchev–Trinajstić information content (AvgIpc) is 3.51. The molecule has 3 heterocycles. The highest BCUT2D eigenvalue weighted by Crippen LogP contribution is 2.45. The SMILES string of the molecule is CCc1cc(O)ccc1C1CCC2C(c3ncc(C4=CCCN(C(C)CC(C)(C)O)C4)[nH]3)NNC2C1F. The Hall–Kier alpha value is -2.26. The number of imidazole rings is 1. The molecule has 6 unspecified atom stereocenters. The highest BCUT2D eigenvalue weighted by molar-refractivity contribution is 5.64. The Morgan fingerprint density at radius 2 is 2.05 bits per heavy atom. The van der Waals surface area contributed by atoms with Crippen LogP contribution in [0.2, 0.25) is 0 Å². The number of nitrogens with zero attached hydrogens (tertiary/aromatic N) is 2. The van der Waals surface area contributed by atoms with Gasteiger partial charge >= 0.3 is 0 Å². The van der Waals surface area contributed by atoms with Gasteiger partial charge in [-0.3, -0.25) is 10.3 Å². The molecular formula is C29H42FN5O2. The Morgan fingerprint density at radius 3 is 2.81 bits per heavy atom. The second kappa shape index (κ2) is 10.5. The minimum absolute atomic E-state index is 0.0715. The van der Waals surface area contributed by atoms with Crippen LogP contribution in [0.1, 0.15) is 88.0 Å². The van der Waals surface area contributed by atoms with E-state index in [1.807, 2.05) is 33.0 Å². The minimum atomic E-state index is -1.02. The molecule has 3 aliphatic rings. The van der Waals surface area contributed by atoms with Crippen molar-refractivity contribution in [3.05, 3.63) is 53.1 Å². The van der Waals surface area contributed by atoms with Crippen LogP contribution in [0.5, 0.6) is 5.75 Å². The van der Waals surface area contributed by atoms with Gasteiger partial charge in [-0.15, -0.1) is 0 Å². The van der Waals surface area contributed by atoms with Gasteiger partial charge in [0.25, 0.3) is 0 Å². The number of benzene rings is 1. The van der Waals surface area contributed by atoms with E-state index in [4.69, 9.17) is 4.98 Å². The van der Waals surface area contributed by atoms with Crippen molar-refractivity contribution in [1.29, 1.82) is 0 Å². The van der Waals surface area contributed by atoms with E-state index in [1.165, 1.54) is 5.57 Å². The van der Waals surface area contributed by atoms with Crippen LogP contribution < -0.4 is 10.9 Å².